The van der Waals surface area contributed by atoms with E-state index in [1.54, 1.807) is 0 Å². The normalized spacial score (nSPS) is 11.4. The molecule has 5 heteroatoms. The molecule has 1 N–H and O–H groups in total. The molecule has 1 aromatic rings. The Bertz CT molecular complexity index is 603. The van der Waals surface area contributed by atoms with E-state index >= 15 is 0 Å². The molecular weight excluding hydrogens is 316 g/mol. The number of ether oxygens (including phenoxy) is 1. The van der Waals surface area contributed by atoms with E-state index in [0.717, 1.165) is 16.9 Å². The zero-order valence-corrected chi connectivity index (χ0v) is 16.6. The molecule has 0 spiro atoms. The van der Waals surface area contributed by atoms with Crippen LogP contribution in [0.1, 0.15) is 58.6 Å². The van der Waals surface area contributed by atoms with E-state index in [1.165, 1.54) is 4.90 Å². The molecule has 0 atom stereocenters. The topological polar surface area (TPSA) is 58.6 Å². The minimum absolute atomic E-state index is 0.0425. The van der Waals surface area contributed by atoms with Crippen LogP contribution < -0.4 is 10.1 Å². The fourth-order valence-corrected chi connectivity index (χ4v) is 2.48. The fourth-order valence-electron chi connectivity index (χ4n) is 2.48. The van der Waals surface area contributed by atoms with Crippen LogP contribution in [0, 0.1) is 6.92 Å². The highest BCUT2D eigenvalue weighted by molar-refractivity contribution is 5.85. The lowest BCUT2D eigenvalue weighted by Crippen LogP contribution is -2.48. The van der Waals surface area contributed by atoms with Gasteiger partial charge in [0.15, 0.2) is 6.61 Å². The summed E-state index contributed by atoms with van der Waals surface area (Å²) < 4.78 is 5.78. The molecule has 1 aromatic carbocycles. The van der Waals surface area contributed by atoms with Crippen molar-refractivity contribution >= 4 is 11.8 Å². The predicted molar refractivity (Wildman–Crippen MR) is 101 cm³/mol. The van der Waals surface area contributed by atoms with E-state index in [0.29, 0.717) is 12.5 Å². The van der Waals surface area contributed by atoms with Crippen molar-refractivity contribution in [3.05, 3.63) is 29.3 Å². The molecule has 25 heavy (non-hydrogen) atoms. The van der Waals surface area contributed by atoms with Gasteiger partial charge >= 0.3 is 0 Å². The van der Waals surface area contributed by atoms with Crippen LogP contribution in [0.5, 0.6) is 5.75 Å². The van der Waals surface area contributed by atoms with Gasteiger partial charge in [-0.15, -0.1) is 0 Å². The molecule has 0 radical (unpaired) electrons. The Morgan fingerprint density at radius 3 is 2.40 bits per heavy atom. The standard InChI is InChI=1S/C20H32N2O3/c1-8-22(12-18(23)21-20(5,6)7)19(24)13-25-17-11-15(4)9-10-16(17)14(2)3/h9-11,14H,8,12-13H2,1-7H3,(H,21,23). The van der Waals surface area contributed by atoms with Gasteiger partial charge in [0.1, 0.15) is 5.75 Å². The van der Waals surface area contributed by atoms with Gasteiger partial charge in [-0.05, 0) is 57.7 Å². The Balaban J connectivity index is 2.71. The van der Waals surface area contributed by atoms with Gasteiger partial charge in [0.2, 0.25) is 5.91 Å². The number of hydrogen-bond acceptors (Lipinski definition) is 3. The minimum Gasteiger partial charge on any atom is -0.483 e. The highest BCUT2D eigenvalue weighted by atomic mass is 16.5. The molecule has 0 aliphatic heterocycles. The largest absolute Gasteiger partial charge is 0.483 e. The van der Waals surface area contributed by atoms with Gasteiger partial charge in [0, 0.05) is 12.1 Å². The summed E-state index contributed by atoms with van der Waals surface area (Å²) in [4.78, 5) is 26.0. The van der Waals surface area contributed by atoms with Gasteiger partial charge in [-0.25, -0.2) is 0 Å². The summed E-state index contributed by atoms with van der Waals surface area (Å²) in [6.45, 7) is 14.2. The van der Waals surface area contributed by atoms with E-state index in [2.05, 4.69) is 19.2 Å². The molecular formula is C20H32N2O3. The van der Waals surface area contributed by atoms with Crippen molar-refractivity contribution in [3.63, 3.8) is 0 Å². The van der Waals surface area contributed by atoms with Crippen LogP contribution in [0.4, 0.5) is 0 Å². The molecule has 0 aromatic heterocycles. The maximum Gasteiger partial charge on any atom is 0.260 e. The van der Waals surface area contributed by atoms with E-state index in [4.69, 9.17) is 4.74 Å². The molecule has 140 valence electrons. The Morgan fingerprint density at radius 1 is 1.24 bits per heavy atom. The first-order valence-electron chi connectivity index (χ1n) is 8.85. The summed E-state index contributed by atoms with van der Waals surface area (Å²) in [5, 5.41) is 2.87. The van der Waals surface area contributed by atoms with E-state index in [9.17, 15) is 9.59 Å². The van der Waals surface area contributed by atoms with E-state index in [1.807, 2.05) is 52.8 Å². The highest BCUT2D eigenvalue weighted by Gasteiger charge is 2.20. The third-order valence-electron chi connectivity index (χ3n) is 3.73. The van der Waals surface area contributed by atoms with Crippen LogP contribution in [-0.4, -0.2) is 41.9 Å². The Kier molecular flexibility index (Phi) is 7.46. The zero-order chi connectivity index (χ0) is 19.2. The lowest BCUT2D eigenvalue weighted by Gasteiger charge is -2.25. The smallest absolute Gasteiger partial charge is 0.260 e. The van der Waals surface area contributed by atoms with Crippen LogP contribution in [0.2, 0.25) is 0 Å². The number of benzene rings is 1. The predicted octanol–water partition coefficient (Wildman–Crippen LogP) is 3.26. The maximum atomic E-state index is 12.4. The van der Waals surface area contributed by atoms with Crippen LogP contribution in [-0.2, 0) is 9.59 Å². The number of amides is 2. The van der Waals surface area contributed by atoms with Crippen molar-refractivity contribution in [3.8, 4) is 5.75 Å². The highest BCUT2D eigenvalue weighted by Crippen LogP contribution is 2.27. The summed E-state index contributed by atoms with van der Waals surface area (Å²) in [6, 6.07) is 6.03. The van der Waals surface area contributed by atoms with Crippen molar-refractivity contribution in [2.75, 3.05) is 19.7 Å². The molecule has 0 aliphatic rings. The first kappa shape index (κ1) is 21.0. The van der Waals surface area contributed by atoms with Gasteiger partial charge in [0.05, 0.1) is 6.54 Å². The van der Waals surface area contributed by atoms with Crippen LogP contribution >= 0.6 is 0 Å². The maximum absolute atomic E-state index is 12.4. The molecule has 1 rings (SSSR count). The molecule has 0 heterocycles. The second-order valence-corrected chi connectivity index (χ2v) is 7.69. The minimum atomic E-state index is -0.316. The van der Waals surface area contributed by atoms with Gasteiger partial charge < -0.3 is 15.0 Å². The van der Waals surface area contributed by atoms with Gasteiger partial charge in [-0.1, -0.05) is 26.0 Å². The SMILES string of the molecule is CCN(CC(=O)NC(C)(C)C)C(=O)COc1cc(C)ccc1C(C)C. The molecule has 0 fully saturated rings. The third kappa shape index (κ3) is 7.16. The molecule has 0 unspecified atom stereocenters. The van der Waals surface area contributed by atoms with Gasteiger partial charge in [-0.2, -0.15) is 0 Å². The van der Waals surface area contributed by atoms with Crippen molar-refractivity contribution < 1.29 is 14.3 Å². The number of likely N-dealkylation sites (N-methyl/N-ethyl adjacent to an activating group) is 1. The zero-order valence-electron chi connectivity index (χ0n) is 16.6. The number of carbonyl (C=O) groups excluding carboxylic acids is 2. The summed E-state index contributed by atoms with van der Waals surface area (Å²) in [7, 11) is 0. The second kappa shape index (κ2) is 8.88. The summed E-state index contributed by atoms with van der Waals surface area (Å²) in [5.41, 5.74) is 1.85. The van der Waals surface area contributed by atoms with Crippen molar-refractivity contribution in [1.29, 1.82) is 0 Å². The number of rotatable bonds is 7. The molecule has 0 saturated carbocycles. The lowest BCUT2D eigenvalue weighted by molar-refractivity contribution is -0.137. The number of aryl methyl sites for hydroxylation is 1. The number of nitrogens with one attached hydrogen (secondary N) is 1. The number of carbonyl (C=O) groups is 2. The second-order valence-electron chi connectivity index (χ2n) is 7.69. The monoisotopic (exact) mass is 348 g/mol. The van der Waals surface area contributed by atoms with Crippen LogP contribution in [0.25, 0.3) is 0 Å². The summed E-state index contributed by atoms with van der Waals surface area (Å²) in [5.74, 6) is 0.688. The average Bonchev–Trinajstić information content (AvgIpc) is 2.48. The van der Waals surface area contributed by atoms with Crippen LogP contribution in [0.15, 0.2) is 18.2 Å². The van der Waals surface area contributed by atoms with Crippen molar-refractivity contribution in [2.24, 2.45) is 0 Å². The van der Waals surface area contributed by atoms with E-state index in [-0.39, 0.29) is 30.5 Å². The van der Waals surface area contributed by atoms with Crippen LogP contribution in [0.3, 0.4) is 0 Å². The first-order valence-corrected chi connectivity index (χ1v) is 8.85. The van der Waals surface area contributed by atoms with Gasteiger partial charge in [0.25, 0.3) is 5.91 Å². The van der Waals surface area contributed by atoms with Crippen molar-refractivity contribution in [2.45, 2.75) is 59.9 Å². The molecule has 0 bridgehead atoms. The number of nitrogens with zero attached hydrogens (tertiary/aromatic N) is 1. The summed E-state index contributed by atoms with van der Waals surface area (Å²) in [6.07, 6.45) is 0. The molecule has 0 saturated heterocycles. The fraction of sp³-hybridized carbons (Fsp3) is 0.600. The average molecular weight is 348 g/mol. The summed E-state index contributed by atoms with van der Waals surface area (Å²) >= 11 is 0. The lowest BCUT2D eigenvalue weighted by atomic mass is 10.0. The molecule has 2 amide bonds. The quantitative estimate of drug-likeness (QED) is 0.823. The molecule has 0 aliphatic carbocycles. The Hall–Kier alpha value is -2.04. The first-order chi connectivity index (χ1) is 11.5. The molecule has 5 nitrogen and oxygen atoms in total. The number of hydrogen-bond donors (Lipinski definition) is 1. The third-order valence-corrected chi connectivity index (χ3v) is 3.73. The van der Waals surface area contributed by atoms with Gasteiger partial charge in [-0.3, -0.25) is 9.59 Å². The van der Waals surface area contributed by atoms with E-state index < -0.39 is 0 Å². The van der Waals surface area contributed by atoms with Crippen molar-refractivity contribution in [1.82, 2.24) is 10.2 Å². The Morgan fingerprint density at radius 2 is 1.88 bits per heavy atom. The Labute approximate surface area is 151 Å².